The molecule has 0 atom stereocenters. The summed E-state index contributed by atoms with van der Waals surface area (Å²) >= 11 is 0. The number of carbonyl (C=O) groups is 1. The first kappa shape index (κ1) is 18.7. The van der Waals surface area contributed by atoms with E-state index in [4.69, 9.17) is 0 Å². The van der Waals surface area contributed by atoms with Crippen molar-refractivity contribution in [2.75, 3.05) is 17.7 Å². The average Bonchev–Trinajstić information content (AvgIpc) is 3.35. The molecule has 0 unspecified atom stereocenters. The van der Waals surface area contributed by atoms with E-state index in [0.29, 0.717) is 28.8 Å². The van der Waals surface area contributed by atoms with E-state index in [-0.39, 0.29) is 11.6 Å². The van der Waals surface area contributed by atoms with Gasteiger partial charge in [0.1, 0.15) is 12.7 Å². The smallest absolute Gasteiger partial charge is 0.328 e. The maximum absolute atomic E-state index is 12.9. The number of carbonyl (C=O) groups excluding carboxylic acids is 1. The average molecular weight is 430 g/mol. The summed E-state index contributed by atoms with van der Waals surface area (Å²) in [6.07, 6.45) is 6.35. The van der Waals surface area contributed by atoms with E-state index < -0.39 is 0 Å². The third kappa shape index (κ3) is 2.96. The Kier molecular flexibility index (Phi) is 3.94. The number of amides is 1. The molecule has 2 bridgehead atoms. The van der Waals surface area contributed by atoms with Gasteiger partial charge in [0.2, 0.25) is 5.95 Å². The van der Waals surface area contributed by atoms with Gasteiger partial charge >= 0.3 is 6.03 Å². The zero-order valence-corrected chi connectivity index (χ0v) is 17.7. The lowest BCUT2D eigenvalue weighted by Crippen LogP contribution is -2.68. The van der Waals surface area contributed by atoms with Gasteiger partial charge in [0.05, 0.1) is 0 Å². The Labute approximate surface area is 183 Å². The van der Waals surface area contributed by atoms with Crippen molar-refractivity contribution in [3.8, 4) is 11.4 Å². The molecule has 3 aliphatic rings. The molecule has 3 saturated carbocycles. The molecule has 0 aliphatic heterocycles. The van der Waals surface area contributed by atoms with E-state index in [1.54, 1.807) is 18.1 Å². The number of nitrogens with one attached hydrogen (secondary N) is 3. The zero-order chi connectivity index (χ0) is 21.9. The minimum atomic E-state index is -0.208. The van der Waals surface area contributed by atoms with E-state index in [1.807, 2.05) is 31.3 Å². The van der Waals surface area contributed by atoms with Gasteiger partial charge in [0.25, 0.3) is 0 Å². The Balaban J connectivity index is 1.32. The maximum atomic E-state index is 12.9. The van der Waals surface area contributed by atoms with Crippen LogP contribution >= 0.6 is 0 Å². The molecule has 1 aromatic carbocycles. The summed E-state index contributed by atoms with van der Waals surface area (Å²) in [4.78, 5) is 30.7. The molecule has 1 amide bonds. The van der Waals surface area contributed by atoms with E-state index in [1.165, 1.54) is 10.9 Å². The molecule has 7 rings (SSSR count). The van der Waals surface area contributed by atoms with E-state index in [9.17, 15) is 4.79 Å². The number of aryl methyl sites for hydroxylation is 1. The van der Waals surface area contributed by atoms with E-state index >= 15 is 0 Å². The Morgan fingerprint density at radius 3 is 2.69 bits per heavy atom. The normalized spacial score (nSPS) is 21.0. The first-order valence-electron chi connectivity index (χ1n) is 10.5. The summed E-state index contributed by atoms with van der Waals surface area (Å²) in [5, 5.41) is 13.8. The van der Waals surface area contributed by atoms with Gasteiger partial charge in [-0.15, -0.1) is 0 Å². The summed E-state index contributed by atoms with van der Waals surface area (Å²) in [5.41, 5.74) is 2.60. The fourth-order valence-corrected chi connectivity index (χ4v) is 4.53. The van der Waals surface area contributed by atoms with Crippen molar-refractivity contribution >= 4 is 34.6 Å². The lowest BCUT2D eigenvalue weighted by molar-refractivity contribution is -0.0401. The number of hydrogen-bond donors (Lipinski definition) is 3. The summed E-state index contributed by atoms with van der Waals surface area (Å²) in [7, 11) is 3.59. The number of nitrogens with zero attached hydrogens (tertiary/aromatic N) is 7. The van der Waals surface area contributed by atoms with Crippen LogP contribution in [-0.2, 0) is 7.05 Å². The number of benzene rings is 1. The van der Waals surface area contributed by atoms with Gasteiger partial charge in [-0.2, -0.15) is 15.1 Å². The molecule has 11 heteroatoms. The van der Waals surface area contributed by atoms with Crippen molar-refractivity contribution in [3.63, 3.8) is 0 Å². The number of hydrogen-bond acceptors (Lipinski definition) is 8. The van der Waals surface area contributed by atoms with Crippen LogP contribution in [0, 0.1) is 5.92 Å². The zero-order valence-electron chi connectivity index (χ0n) is 17.7. The molecule has 4 aromatic rings. The molecule has 11 nitrogen and oxygen atoms in total. The largest absolute Gasteiger partial charge is 0.371 e. The Hall–Kier alpha value is -4.02. The van der Waals surface area contributed by atoms with Gasteiger partial charge in [-0.05, 0) is 37.3 Å². The molecule has 3 aliphatic carbocycles. The van der Waals surface area contributed by atoms with Crippen molar-refractivity contribution in [1.82, 2.24) is 39.6 Å². The Morgan fingerprint density at radius 2 is 2.00 bits per heavy atom. The van der Waals surface area contributed by atoms with Crippen LogP contribution in [0.1, 0.15) is 19.3 Å². The van der Waals surface area contributed by atoms with Crippen molar-refractivity contribution in [1.29, 1.82) is 0 Å². The third-order valence-electron chi connectivity index (χ3n) is 6.24. The maximum Gasteiger partial charge on any atom is 0.328 e. The van der Waals surface area contributed by atoms with Crippen molar-refractivity contribution in [2.45, 2.75) is 24.8 Å². The topological polar surface area (TPSA) is 127 Å². The van der Waals surface area contributed by atoms with Gasteiger partial charge in [-0.3, -0.25) is 4.68 Å². The van der Waals surface area contributed by atoms with Crippen molar-refractivity contribution in [3.05, 3.63) is 36.9 Å². The van der Waals surface area contributed by atoms with Gasteiger partial charge in [-0.1, -0.05) is 12.1 Å². The predicted molar refractivity (Wildman–Crippen MR) is 119 cm³/mol. The molecule has 3 fully saturated rings. The SMILES string of the molecule is CNc1nc(Nc2cccc(-c3ncn(C)n3)c2)nc2c1ncn2C(=O)NC12CC(C1)C2. The molecule has 3 N–H and O–H groups in total. The minimum absolute atomic E-state index is 0.0295. The molecule has 3 aromatic heterocycles. The van der Waals surface area contributed by atoms with Crippen LogP contribution in [0.2, 0.25) is 0 Å². The molecule has 162 valence electrons. The van der Waals surface area contributed by atoms with Gasteiger partial charge in [0, 0.05) is 30.9 Å². The highest BCUT2D eigenvalue weighted by atomic mass is 16.2. The Morgan fingerprint density at radius 1 is 1.16 bits per heavy atom. The molecular formula is C21H22N10O. The summed E-state index contributed by atoms with van der Waals surface area (Å²) in [6.45, 7) is 0. The van der Waals surface area contributed by atoms with E-state index in [2.05, 4.69) is 41.0 Å². The highest BCUT2D eigenvalue weighted by molar-refractivity contribution is 5.92. The van der Waals surface area contributed by atoms with Crippen molar-refractivity contribution < 1.29 is 4.79 Å². The lowest BCUT2D eigenvalue weighted by Gasteiger charge is -2.61. The second-order valence-corrected chi connectivity index (χ2v) is 8.57. The summed E-state index contributed by atoms with van der Waals surface area (Å²) < 4.78 is 3.11. The van der Waals surface area contributed by atoms with Crippen LogP contribution in [-0.4, -0.2) is 52.9 Å². The summed E-state index contributed by atoms with van der Waals surface area (Å²) in [6, 6.07) is 7.47. The van der Waals surface area contributed by atoms with Crippen LogP contribution in [0.15, 0.2) is 36.9 Å². The molecule has 0 spiro atoms. The van der Waals surface area contributed by atoms with Crippen LogP contribution in [0.5, 0.6) is 0 Å². The highest BCUT2D eigenvalue weighted by Crippen LogP contribution is 2.56. The first-order valence-corrected chi connectivity index (χ1v) is 10.5. The minimum Gasteiger partial charge on any atom is -0.371 e. The monoisotopic (exact) mass is 430 g/mol. The van der Waals surface area contributed by atoms with Crippen LogP contribution in [0.3, 0.4) is 0 Å². The molecule has 0 saturated heterocycles. The second kappa shape index (κ2) is 6.74. The van der Waals surface area contributed by atoms with Crippen LogP contribution in [0.4, 0.5) is 22.2 Å². The molecule has 3 heterocycles. The highest BCUT2D eigenvalue weighted by Gasteiger charge is 2.57. The van der Waals surface area contributed by atoms with Crippen LogP contribution < -0.4 is 16.0 Å². The number of imidazole rings is 1. The fraction of sp³-hybridized carbons (Fsp3) is 0.333. The predicted octanol–water partition coefficient (Wildman–Crippen LogP) is 2.52. The van der Waals surface area contributed by atoms with Gasteiger partial charge in [-0.25, -0.2) is 19.3 Å². The Bertz CT molecular complexity index is 1340. The van der Waals surface area contributed by atoms with Gasteiger partial charge in [0.15, 0.2) is 22.8 Å². The number of rotatable bonds is 5. The van der Waals surface area contributed by atoms with Crippen LogP contribution in [0.25, 0.3) is 22.6 Å². The number of anilines is 3. The van der Waals surface area contributed by atoms with Crippen molar-refractivity contribution in [2.24, 2.45) is 13.0 Å². The third-order valence-corrected chi connectivity index (χ3v) is 6.24. The molecule has 0 radical (unpaired) electrons. The van der Waals surface area contributed by atoms with Gasteiger partial charge < -0.3 is 16.0 Å². The van der Waals surface area contributed by atoms with E-state index in [0.717, 1.165) is 36.4 Å². The second-order valence-electron chi connectivity index (χ2n) is 8.57. The molecular weight excluding hydrogens is 408 g/mol. The standard InChI is InChI=1S/C21H22N10O/c1-22-17-15-18(31(11-23-15)20(32)28-21-7-12(8-21)9-21)27-19(26-17)25-14-5-3-4-13(6-14)16-24-10-30(2)29-16/h3-6,10-12H,7-9H2,1-2H3,(H,28,32)(H2,22,25,26,27). The molecule has 32 heavy (non-hydrogen) atoms. The number of fused-ring (bicyclic) bond motifs is 1. The fourth-order valence-electron chi connectivity index (χ4n) is 4.53. The first-order chi connectivity index (χ1) is 15.5. The lowest BCUT2D eigenvalue weighted by atomic mass is 9.50. The summed E-state index contributed by atoms with van der Waals surface area (Å²) in [5.74, 6) is 2.30. The number of aromatic nitrogens is 7. The quantitative estimate of drug-likeness (QED) is 0.441.